The summed E-state index contributed by atoms with van der Waals surface area (Å²) >= 11 is 0. The van der Waals surface area contributed by atoms with Gasteiger partial charge in [-0.05, 0) is 71.0 Å². The molecule has 0 saturated carbocycles. The lowest BCUT2D eigenvalue weighted by molar-refractivity contribution is 0.0600. The number of fused-ring (bicyclic) bond motifs is 1. The van der Waals surface area contributed by atoms with Crippen molar-refractivity contribution in [3.05, 3.63) is 125 Å². The van der Waals surface area contributed by atoms with E-state index in [9.17, 15) is 9.59 Å². The molecule has 0 fully saturated rings. The highest BCUT2D eigenvalue weighted by Crippen LogP contribution is 2.32. The predicted molar refractivity (Wildman–Crippen MR) is 147 cm³/mol. The Labute approximate surface area is 217 Å². The Kier molecular flexibility index (Phi) is 7.31. The summed E-state index contributed by atoms with van der Waals surface area (Å²) in [6, 6.07) is 31.9. The summed E-state index contributed by atoms with van der Waals surface area (Å²) in [7, 11) is 1.39. The molecule has 37 heavy (non-hydrogen) atoms. The highest BCUT2D eigenvalue weighted by Gasteiger charge is 2.20. The quantitative estimate of drug-likeness (QED) is 0.322. The van der Waals surface area contributed by atoms with Crippen LogP contribution in [-0.2, 0) is 24.2 Å². The number of amides is 1. The maximum atomic E-state index is 12.8. The molecule has 4 aromatic rings. The monoisotopic (exact) mass is 490 g/mol. The maximum absolute atomic E-state index is 12.8. The van der Waals surface area contributed by atoms with Crippen molar-refractivity contribution in [1.29, 1.82) is 0 Å². The van der Waals surface area contributed by atoms with E-state index in [2.05, 4.69) is 34.5 Å². The van der Waals surface area contributed by atoms with Crippen LogP contribution in [0.5, 0.6) is 0 Å². The summed E-state index contributed by atoms with van der Waals surface area (Å²) < 4.78 is 4.83. The largest absolute Gasteiger partial charge is 0.465 e. The van der Waals surface area contributed by atoms with Crippen molar-refractivity contribution in [2.24, 2.45) is 0 Å². The molecule has 0 saturated heterocycles. The highest BCUT2D eigenvalue weighted by molar-refractivity contribution is 5.95. The van der Waals surface area contributed by atoms with Gasteiger partial charge in [0.05, 0.1) is 12.7 Å². The molecule has 1 N–H and O–H groups in total. The summed E-state index contributed by atoms with van der Waals surface area (Å²) in [6.45, 7) is 2.24. The number of aryl methyl sites for hydroxylation is 1. The Morgan fingerprint density at radius 2 is 1.59 bits per heavy atom. The average Bonchev–Trinajstić information content (AvgIpc) is 2.96. The molecule has 0 spiro atoms. The number of benzene rings is 4. The summed E-state index contributed by atoms with van der Waals surface area (Å²) in [5.74, 6) is -0.387. The van der Waals surface area contributed by atoms with E-state index in [1.165, 1.54) is 23.9 Å². The first-order valence-electron chi connectivity index (χ1n) is 12.6. The lowest BCUT2D eigenvalue weighted by Gasteiger charge is -2.32. The zero-order chi connectivity index (χ0) is 25.6. The van der Waals surface area contributed by atoms with Crippen LogP contribution in [0.2, 0.25) is 0 Å². The van der Waals surface area contributed by atoms with Gasteiger partial charge in [0.25, 0.3) is 5.91 Å². The molecule has 0 bridgehead atoms. The second-order valence-corrected chi connectivity index (χ2v) is 9.26. The molecule has 1 heterocycles. The second kappa shape index (κ2) is 11.1. The molecule has 186 valence electrons. The molecule has 1 amide bonds. The van der Waals surface area contributed by atoms with E-state index in [1.807, 2.05) is 60.7 Å². The van der Waals surface area contributed by atoms with Crippen LogP contribution in [0.1, 0.15) is 43.8 Å². The van der Waals surface area contributed by atoms with Gasteiger partial charge >= 0.3 is 5.97 Å². The Morgan fingerprint density at radius 1 is 0.865 bits per heavy atom. The summed E-state index contributed by atoms with van der Waals surface area (Å²) in [5, 5.41) is 3.03. The van der Waals surface area contributed by atoms with E-state index in [4.69, 9.17) is 4.74 Å². The number of hydrogen-bond acceptors (Lipinski definition) is 4. The molecule has 0 unspecified atom stereocenters. The first-order chi connectivity index (χ1) is 18.1. The molecule has 1 aliphatic rings. The SMILES string of the molecule is COC(=O)c1ccc(-c2ccccc2CN2CCCc3cc(C(=O)NCc4ccccc4)ccc32)cc1. The molecule has 4 aromatic carbocycles. The Bertz CT molecular complexity index is 1400. The molecule has 5 nitrogen and oxygen atoms in total. The number of nitrogens with zero attached hydrogens (tertiary/aromatic N) is 1. The third-order valence-corrected chi connectivity index (χ3v) is 6.85. The van der Waals surface area contributed by atoms with Crippen molar-refractivity contribution in [3.63, 3.8) is 0 Å². The lowest BCUT2D eigenvalue weighted by Crippen LogP contribution is -2.29. The van der Waals surface area contributed by atoms with Gasteiger partial charge in [0.2, 0.25) is 0 Å². The van der Waals surface area contributed by atoms with E-state index < -0.39 is 0 Å². The third kappa shape index (κ3) is 5.56. The number of anilines is 1. The van der Waals surface area contributed by atoms with Crippen LogP contribution < -0.4 is 10.2 Å². The predicted octanol–water partition coefficient (Wildman–Crippen LogP) is 6.02. The average molecular weight is 491 g/mol. The minimum atomic E-state index is -0.335. The van der Waals surface area contributed by atoms with E-state index in [0.717, 1.165) is 42.6 Å². The zero-order valence-electron chi connectivity index (χ0n) is 20.9. The van der Waals surface area contributed by atoms with E-state index in [-0.39, 0.29) is 11.9 Å². The van der Waals surface area contributed by atoms with Gasteiger partial charge in [-0.15, -0.1) is 0 Å². The fourth-order valence-corrected chi connectivity index (χ4v) is 4.91. The molecule has 5 heteroatoms. The van der Waals surface area contributed by atoms with Gasteiger partial charge in [0.15, 0.2) is 0 Å². The number of rotatable bonds is 7. The Balaban J connectivity index is 1.33. The number of carbonyl (C=O) groups is 2. The highest BCUT2D eigenvalue weighted by atomic mass is 16.5. The van der Waals surface area contributed by atoms with Crippen LogP contribution >= 0.6 is 0 Å². The fraction of sp³-hybridized carbons (Fsp3) is 0.188. The van der Waals surface area contributed by atoms with Crippen LogP contribution in [-0.4, -0.2) is 25.5 Å². The number of esters is 1. The van der Waals surface area contributed by atoms with Crippen molar-refractivity contribution in [2.75, 3.05) is 18.6 Å². The van der Waals surface area contributed by atoms with Crippen molar-refractivity contribution >= 4 is 17.6 Å². The minimum Gasteiger partial charge on any atom is -0.465 e. The number of carbonyl (C=O) groups excluding carboxylic acids is 2. The topological polar surface area (TPSA) is 58.6 Å². The molecule has 0 aliphatic carbocycles. The van der Waals surface area contributed by atoms with Crippen molar-refractivity contribution in [1.82, 2.24) is 5.32 Å². The van der Waals surface area contributed by atoms with Crippen LogP contribution in [0.15, 0.2) is 97.1 Å². The van der Waals surface area contributed by atoms with E-state index >= 15 is 0 Å². The van der Waals surface area contributed by atoms with E-state index in [0.29, 0.717) is 17.7 Å². The smallest absolute Gasteiger partial charge is 0.337 e. The molecule has 5 rings (SSSR count). The minimum absolute atomic E-state index is 0.0514. The number of nitrogens with one attached hydrogen (secondary N) is 1. The van der Waals surface area contributed by atoms with Crippen molar-refractivity contribution in [2.45, 2.75) is 25.9 Å². The van der Waals surface area contributed by atoms with Crippen LogP contribution in [0, 0.1) is 0 Å². The number of hydrogen-bond donors (Lipinski definition) is 1. The number of methoxy groups -OCH3 is 1. The molecular weight excluding hydrogens is 460 g/mol. The molecule has 0 aromatic heterocycles. The van der Waals surface area contributed by atoms with Gasteiger partial charge in [-0.1, -0.05) is 66.7 Å². The number of ether oxygens (including phenoxy) is 1. The molecule has 0 atom stereocenters. The van der Waals surface area contributed by atoms with Gasteiger partial charge in [-0.25, -0.2) is 4.79 Å². The molecule has 1 aliphatic heterocycles. The normalized spacial score (nSPS) is 12.5. The lowest BCUT2D eigenvalue weighted by atomic mass is 9.95. The van der Waals surface area contributed by atoms with Gasteiger partial charge in [-0.2, -0.15) is 0 Å². The van der Waals surface area contributed by atoms with E-state index in [1.54, 1.807) is 12.1 Å². The van der Waals surface area contributed by atoms with Crippen molar-refractivity contribution < 1.29 is 14.3 Å². The summed E-state index contributed by atoms with van der Waals surface area (Å²) in [4.78, 5) is 27.0. The first-order valence-corrected chi connectivity index (χ1v) is 12.6. The van der Waals surface area contributed by atoms with Gasteiger partial charge in [-0.3, -0.25) is 4.79 Å². The maximum Gasteiger partial charge on any atom is 0.337 e. The standard InChI is InChI=1S/C32H30N2O3/c1-37-32(36)25-15-13-24(14-16-25)29-12-6-5-10-28(29)22-34-19-7-11-26-20-27(17-18-30(26)34)31(35)33-21-23-8-3-2-4-9-23/h2-6,8-10,12-18,20H,7,11,19,21-22H2,1H3,(H,33,35). The summed E-state index contributed by atoms with van der Waals surface area (Å²) in [5.41, 5.74) is 8.12. The van der Waals surface area contributed by atoms with Crippen LogP contribution in [0.25, 0.3) is 11.1 Å². The van der Waals surface area contributed by atoms with Gasteiger partial charge in [0.1, 0.15) is 0 Å². The molecular formula is C32H30N2O3. The van der Waals surface area contributed by atoms with Crippen LogP contribution in [0.4, 0.5) is 5.69 Å². The summed E-state index contributed by atoms with van der Waals surface area (Å²) in [6.07, 6.45) is 2.00. The van der Waals surface area contributed by atoms with Crippen LogP contribution in [0.3, 0.4) is 0 Å². The fourth-order valence-electron chi connectivity index (χ4n) is 4.91. The van der Waals surface area contributed by atoms with Crippen molar-refractivity contribution in [3.8, 4) is 11.1 Å². The Morgan fingerprint density at radius 3 is 2.38 bits per heavy atom. The van der Waals surface area contributed by atoms with Gasteiger partial charge in [0, 0.05) is 30.9 Å². The Hall–Kier alpha value is -4.38. The zero-order valence-corrected chi connectivity index (χ0v) is 20.9. The second-order valence-electron chi connectivity index (χ2n) is 9.26. The first kappa shape index (κ1) is 24.3. The third-order valence-electron chi connectivity index (χ3n) is 6.85. The van der Waals surface area contributed by atoms with Gasteiger partial charge < -0.3 is 15.0 Å². The molecule has 0 radical (unpaired) electrons.